The van der Waals surface area contributed by atoms with Gasteiger partial charge < -0.3 is 14.5 Å². The van der Waals surface area contributed by atoms with Crippen LogP contribution < -0.4 is 15.8 Å². The van der Waals surface area contributed by atoms with Crippen LogP contribution in [0.15, 0.2) is 51.7 Å². The first-order chi connectivity index (χ1) is 11.6. The van der Waals surface area contributed by atoms with Gasteiger partial charge in [-0.05, 0) is 23.8 Å². The number of aryl methyl sites for hydroxylation is 1. The minimum absolute atomic E-state index is 0.103. The van der Waals surface area contributed by atoms with E-state index in [1.54, 1.807) is 32.4 Å². The van der Waals surface area contributed by atoms with E-state index in [0.29, 0.717) is 17.6 Å². The van der Waals surface area contributed by atoms with Crippen molar-refractivity contribution in [3.05, 3.63) is 64.1 Å². The number of nitrogens with zero attached hydrogens (tertiary/aromatic N) is 1. The van der Waals surface area contributed by atoms with Crippen LogP contribution in [0.2, 0.25) is 0 Å². The van der Waals surface area contributed by atoms with E-state index in [2.05, 4.69) is 5.32 Å². The molecule has 124 valence electrons. The van der Waals surface area contributed by atoms with Gasteiger partial charge in [0.05, 0.1) is 19.0 Å². The summed E-state index contributed by atoms with van der Waals surface area (Å²) in [5.41, 5.74) is 2.92. The topological polar surface area (TPSA) is 73.5 Å². The van der Waals surface area contributed by atoms with Crippen LogP contribution in [0.25, 0.3) is 11.1 Å². The molecule has 0 bridgehead atoms. The van der Waals surface area contributed by atoms with Gasteiger partial charge in [0.1, 0.15) is 5.75 Å². The molecular formula is C18H18N2O4. The molecule has 3 rings (SSSR count). The summed E-state index contributed by atoms with van der Waals surface area (Å²) in [7, 11) is 3.24. The maximum absolute atomic E-state index is 12.2. The third-order valence-corrected chi connectivity index (χ3v) is 3.89. The number of fused-ring (bicyclic) bond motifs is 1. The van der Waals surface area contributed by atoms with Crippen LogP contribution in [0, 0.1) is 0 Å². The van der Waals surface area contributed by atoms with Crippen molar-refractivity contribution in [2.75, 3.05) is 7.11 Å². The van der Waals surface area contributed by atoms with E-state index in [0.717, 1.165) is 16.9 Å². The van der Waals surface area contributed by atoms with Crippen LogP contribution in [0.4, 0.5) is 0 Å². The van der Waals surface area contributed by atoms with Crippen molar-refractivity contribution in [1.82, 2.24) is 9.88 Å². The van der Waals surface area contributed by atoms with Gasteiger partial charge >= 0.3 is 5.76 Å². The zero-order valence-corrected chi connectivity index (χ0v) is 13.5. The highest BCUT2D eigenvalue weighted by Crippen LogP contribution is 2.17. The van der Waals surface area contributed by atoms with Gasteiger partial charge in [-0.25, -0.2) is 4.79 Å². The van der Waals surface area contributed by atoms with Crippen molar-refractivity contribution in [2.24, 2.45) is 7.05 Å². The van der Waals surface area contributed by atoms with Crippen molar-refractivity contribution in [3.8, 4) is 5.75 Å². The van der Waals surface area contributed by atoms with E-state index in [1.807, 2.05) is 24.3 Å². The minimum atomic E-state index is -0.414. The van der Waals surface area contributed by atoms with Crippen molar-refractivity contribution in [1.29, 1.82) is 0 Å². The van der Waals surface area contributed by atoms with Gasteiger partial charge in [0, 0.05) is 19.2 Å². The number of amides is 1. The SMILES string of the molecule is COc1ccccc1CNC(=O)Cc1ccc2oc(=O)n(C)c2c1. The average molecular weight is 326 g/mol. The van der Waals surface area contributed by atoms with E-state index in [9.17, 15) is 9.59 Å². The van der Waals surface area contributed by atoms with Crippen LogP contribution in [-0.4, -0.2) is 17.6 Å². The summed E-state index contributed by atoms with van der Waals surface area (Å²) < 4.78 is 11.8. The predicted molar refractivity (Wildman–Crippen MR) is 90.0 cm³/mol. The highest BCUT2D eigenvalue weighted by Gasteiger charge is 2.10. The molecule has 1 amide bonds. The molecule has 0 aliphatic carbocycles. The first kappa shape index (κ1) is 15.9. The summed E-state index contributed by atoms with van der Waals surface area (Å²) >= 11 is 0. The quantitative estimate of drug-likeness (QED) is 0.778. The lowest BCUT2D eigenvalue weighted by atomic mass is 10.1. The van der Waals surface area contributed by atoms with Gasteiger partial charge in [-0.2, -0.15) is 0 Å². The summed E-state index contributed by atoms with van der Waals surface area (Å²) in [4.78, 5) is 23.7. The first-order valence-corrected chi connectivity index (χ1v) is 7.55. The number of hydrogen-bond donors (Lipinski definition) is 1. The summed E-state index contributed by atoms with van der Waals surface area (Å²) in [6.45, 7) is 0.398. The largest absolute Gasteiger partial charge is 0.496 e. The lowest BCUT2D eigenvalue weighted by Crippen LogP contribution is -2.24. The molecule has 6 nitrogen and oxygen atoms in total. The van der Waals surface area contributed by atoms with Gasteiger partial charge in [0.2, 0.25) is 5.91 Å². The number of rotatable bonds is 5. The summed E-state index contributed by atoms with van der Waals surface area (Å²) in [6.07, 6.45) is 0.227. The summed E-state index contributed by atoms with van der Waals surface area (Å²) in [5, 5.41) is 2.88. The number of benzene rings is 2. The van der Waals surface area contributed by atoms with Crippen LogP contribution in [0.3, 0.4) is 0 Å². The maximum atomic E-state index is 12.2. The normalized spacial score (nSPS) is 10.8. The third kappa shape index (κ3) is 3.17. The Morgan fingerprint density at radius 1 is 1.25 bits per heavy atom. The Balaban J connectivity index is 1.68. The molecule has 24 heavy (non-hydrogen) atoms. The number of nitrogens with one attached hydrogen (secondary N) is 1. The molecule has 0 aliphatic rings. The Morgan fingerprint density at radius 3 is 2.83 bits per heavy atom. The first-order valence-electron chi connectivity index (χ1n) is 7.55. The smallest absolute Gasteiger partial charge is 0.419 e. The fraction of sp³-hybridized carbons (Fsp3) is 0.222. The van der Waals surface area contributed by atoms with Gasteiger partial charge in [0.15, 0.2) is 5.58 Å². The zero-order chi connectivity index (χ0) is 17.1. The minimum Gasteiger partial charge on any atom is -0.496 e. The molecule has 0 spiro atoms. The van der Waals surface area contributed by atoms with Crippen molar-refractivity contribution >= 4 is 17.0 Å². The number of hydrogen-bond acceptors (Lipinski definition) is 4. The maximum Gasteiger partial charge on any atom is 0.419 e. The number of ether oxygens (including phenoxy) is 1. The fourth-order valence-electron chi connectivity index (χ4n) is 2.57. The van der Waals surface area contributed by atoms with Gasteiger partial charge in [-0.3, -0.25) is 9.36 Å². The molecule has 1 N–H and O–H groups in total. The molecule has 1 heterocycles. The van der Waals surface area contributed by atoms with E-state index in [4.69, 9.17) is 9.15 Å². The highest BCUT2D eigenvalue weighted by molar-refractivity contribution is 5.81. The highest BCUT2D eigenvalue weighted by atomic mass is 16.5. The van der Waals surface area contributed by atoms with Gasteiger partial charge in [-0.1, -0.05) is 24.3 Å². The number of oxazole rings is 1. The number of para-hydroxylation sites is 1. The molecule has 6 heteroatoms. The molecule has 1 aromatic heterocycles. The molecule has 0 aliphatic heterocycles. The predicted octanol–water partition coefficient (Wildman–Crippen LogP) is 2.00. The molecule has 0 fully saturated rings. The fourth-order valence-corrected chi connectivity index (χ4v) is 2.57. The van der Waals surface area contributed by atoms with E-state index in [1.165, 1.54) is 4.57 Å². The molecule has 0 saturated heterocycles. The monoisotopic (exact) mass is 326 g/mol. The van der Waals surface area contributed by atoms with E-state index in [-0.39, 0.29) is 12.3 Å². The van der Waals surface area contributed by atoms with Crippen LogP contribution in [0.5, 0.6) is 5.75 Å². The number of aromatic nitrogens is 1. The summed E-state index contributed by atoms with van der Waals surface area (Å²) in [6, 6.07) is 12.8. The van der Waals surface area contributed by atoms with Gasteiger partial charge in [-0.15, -0.1) is 0 Å². The second-order valence-electron chi connectivity index (χ2n) is 5.49. The molecule has 0 saturated carbocycles. The lowest BCUT2D eigenvalue weighted by molar-refractivity contribution is -0.120. The molecule has 0 radical (unpaired) electrons. The Bertz CT molecular complexity index is 940. The lowest BCUT2D eigenvalue weighted by Gasteiger charge is -2.09. The number of carbonyl (C=O) groups excluding carboxylic acids is 1. The third-order valence-electron chi connectivity index (χ3n) is 3.89. The van der Waals surface area contributed by atoms with E-state index < -0.39 is 5.76 Å². The Labute approximate surface area is 138 Å². The number of carbonyl (C=O) groups is 1. The summed E-state index contributed by atoms with van der Waals surface area (Å²) in [5.74, 6) is 0.226. The van der Waals surface area contributed by atoms with Crippen LogP contribution in [0.1, 0.15) is 11.1 Å². The molecule has 0 unspecified atom stereocenters. The molecule has 0 atom stereocenters. The standard InChI is InChI=1S/C18H18N2O4/c1-20-14-9-12(7-8-16(14)24-18(20)22)10-17(21)19-11-13-5-3-4-6-15(13)23-2/h3-9H,10-11H2,1-2H3,(H,19,21). The molecular weight excluding hydrogens is 308 g/mol. The van der Waals surface area contributed by atoms with Crippen LogP contribution >= 0.6 is 0 Å². The zero-order valence-electron chi connectivity index (χ0n) is 13.5. The Morgan fingerprint density at radius 2 is 2.04 bits per heavy atom. The second kappa shape index (κ2) is 6.62. The number of methoxy groups -OCH3 is 1. The van der Waals surface area contributed by atoms with Crippen molar-refractivity contribution < 1.29 is 13.9 Å². The van der Waals surface area contributed by atoms with E-state index >= 15 is 0 Å². The average Bonchev–Trinajstić information content (AvgIpc) is 2.88. The van der Waals surface area contributed by atoms with Crippen LogP contribution in [-0.2, 0) is 24.8 Å². The van der Waals surface area contributed by atoms with Crippen molar-refractivity contribution in [2.45, 2.75) is 13.0 Å². The second-order valence-corrected chi connectivity index (χ2v) is 5.49. The molecule has 2 aromatic carbocycles. The Kier molecular flexibility index (Phi) is 4.37. The Hall–Kier alpha value is -3.02. The molecule has 3 aromatic rings. The van der Waals surface area contributed by atoms with Crippen molar-refractivity contribution in [3.63, 3.8) is 0 Å². The van der Waals surface area contributed by atoms with Gasteiger partial charge in [0.25, 0.3) is 0 Å².